The fourth-order valence-corrected chi connectivity index (χ4v) is 7.00. The second-order valence-electron chi connectivity index (χ2n) is 11.3. The van der Waals surface area contributed by atoms with Crippen LogP contribution in [0.1, 0.15) is 57.4 Å². The first-order chi connectivity index (χ1) is 20.3. The van der Waals surface area contributed by atoms with Crippen molar-refractivity contribution in [2.75, 3.05) is 45.6 Å². The molecule has 0 aromatic heterocycles. The molecular weight excluding hydrogens is 554 g/mol. The van der Waals surface area contributed by atoms with E-state index in [1.54, 1.807) is 18.9 Å². The molecule has 2 amide bonds. The Hall–Kier alpha value is -3.11. The first-order valence-electron chi connectivity index (χ1n) is 15.1. The molecule has 42 heavy (non-hydrogen) atoms. The molecule has 9 nitrogen and oxygen atoms in total. The lowest BCUT2D eigenvalue weighted by molar-refractivity contribution is -0.138. The molecule has 1 aliphatic carbocycles. The highest BCUT2D eigenvalue weighted by Crippen LogP contribution is 2.26. The smallest absolute Gasteiger partial charge is 0.260 e. The first kappa shape index (κ1) is 31.8. The van der Waals surface area contributed by atoms with Gasteiger partial charge in [-0.25, -0.2) is 8.42 Å². The molecule has 10 heteroatoms. The van der Waals surface area contributed by atoms with E-state index in [1.165, 1.54) is 10.7 Å². The maximum Gasteiger partial charge on any atom is 0.260 e. The van der Waals surface area contributed by atoms with Crippen LogP contribution in [0, 0.1) is 5.92 Å². The summed E-state index contributed by atoms with van der Waals surface area (Å²) in [6.45, 7) is 3.22. The summed E-state index contributed by atoms with van der Waals surface area (Å²) in [6, 6.07) is 16.7. The summed E-state index contributed by atoms with van der Waals surface area (Å²) < 4.78 is 38.6. The predicted molar refractivity (Wildman–Crippen MR) is 163 cm³/mol. The largest absolute Gasteiger partial charge is 0.497 e. The number of nitrogens with zero attached hydrogens (tertiary/aromatic N) is 3. The Balaban J connectivity index is 1.44. The summed E-state index contributed by atoms with van der Waals surface area (Å²) in [4.78, 5) is 30.4. The van der Waals surface area contributed by atoms with Crippen LogP contribution in [0.25, 0.3) is 0 Å². The summed E-state index contributed by atoms with van der Waals surface area (Å²) in [5.74, 6) is 1.35. The van der Waals surface area contributed by atoms with Gasteiger partial charge in [-0.1, -0.05) is 49.6 Å². The van der Waals surface area contributed by atoms with Crippen molar-refractivity contribution in [2.45, 2.75) is 64.5 Å². The van der Waals surface area contributed by atoms with Gasteiger partial charge in [0.05, 0.1) is 19.4 Å². The molecule has 2 aromatic carbocycles. The zero-order valence-corrected chi connectivity index (χ0v) is 25.8. The van der Waals surface area contributed by atoms with Crippen LogP contribution < -0.4 is 9.47 Å². The molecule has 1 saturated carbocycles. The van der Waals surface area contributed by atoms with Crippen LogP contribution in [0.3, 0.4) is 0 Å². The van der Waals surface area contributed by atoms with Crippen molar-refractivity contribution >= 4 is 21.8 Å². The number of hydrogen-bond donors (Lipinski definition) is 0. The Labute approximate surface area is 250 Å². The van der Waals surface area contributed by atoms with Crippen molar-refractivity contribution in [3.8, 4) is 11.5 Å². The van der Waals surface area contributed by atoms with Crippen LogP contribution in [-0.2, 0) is 26.2 Å². The number of carbonyl (C=O) groups is 2. The topological polar surface area (TPSA) is 96.5 Å². The molecule has 2 aromatic rings. The average Bonchev–Trinajstić information content (AvgIpc) is 3.03. The third-order valence-corrected chi connectivity index (χ3v) is 10.2. The Kier molecular flexibility index (Phi) is 11.7. The van der Waals surface area contributed by atoms with Crippen LogP contribution in [0.2, 0.25) is 0 Å². The highest BCUT2D eigenvalue weighted by molar-refractivity contribution is 7.89. The Morgan fingerprint density at radius 3 is 2.19 bits per heavy atom. The molecule has 1 saturated heterocycles. The summed E-state index contributed by atoms with van der Waals surface area (Å²) in [5.41, 5.74) is 0.941. The number of rotatable bonds is 13. The van der Waals surface area contributed by atoms with E-state index in [4.69, 9.17) is 9.47 Å². The van der Waals surface area contributed by atoms with Crippen molar-refractivity contribution < 1.29 is 27.5 Å². The van der Waals surface area contributed by atoms with Crippen LogP contribution >= 0.6 is 0 Å². The first-order valence-corrected chi connectivity index (χ1v) is 16.8. The molecule has 0 N–H and O–H groups in total. The number of piperidine rings is 1. The van der Waals surface area contributed by atoms with Crippen LogP contribution in [0.4, 0.5) is 0 Å². The zero-order chi connectivity index (χ0) is 30.0. The quantitative estimate of drug-likeness (QED) is 0.340. The molecular formula is C32H45N3O6S. The lowest BCUT2D eigenvalue weighted by atomic mass is 9.89. The van der Waals surface area contributed by atoms with E-state index in [0.29, 0.717) is 44.8 Å². The Morgan fingerprint density at radius 1 is 0.905 bits per heavy atom. The van der Waals surface area contributed by atoms with E-state index in [-0.39, 0.29) is 42.7 Å². The van der Waals surface area contributed by atoms with Gasteiger partial charge in [-0.15, -0.1) is 0 Å². The van der Waals surface area contributed by atoms with Crippen molar-refractivity contribution in [1.82, 2.24) is 14.1 Å². The molecule has 0 spiro atoms. The number of likely N-dealkylation sites (tertiary alicyclic amines) is 1. The molecule has 0 unspecified atom stereocenters. The van der Waals surface area contributed by atoms with Gasteiger partial charge in [0.2, 0.25) is 15.9 Å². The Morgan fingerprint density at radius 2 is 1.57 bits per heavy atom. The number of ether oxygens (including phenoxy) is 2. The second kappa shape index (κ2) is 15.4. The number of methoxy groups -OCH3 is 1. The minimum Gasteiger partial charge on any atom is -0.497 e. The van der Waals surface area contributed by atoms with Gasteiger partial charge in [-0.2, -0.15) is 4.31 Å². The zero-order valence-electron chi connectivity index (χ0n) is 24.9. The van der Waals surface area contributed by atoms with Gasteiger partial charge in [-0.3, -0.25) is 9.59 Å². The van der Waals surface area contributed by atoms with Crippen molar-refractivity contribution in [3.63, 3.8) is 0 Å². The van der Waals surface area contributed by atoms with Crippen molar-refractivity contribution in [3.05, 3.63) is 60.2 Å². The summed E-state index contributed by atoms with van der Waals surface area (Å²) in [5, 5.41) is 0. The van der Waals surface area contributed by atoms with Gasteiger partial charge in [-0.05, 0) is 68.4 Å². The number of benzene rings is 2. The molecule has 1 aliphatic heterocycles. The molecule has 1 heterocycles. The van der Waals surface area contributed by atoms with Crippen LogP contribution in [-0.4, -0.2) is 86.0 Å². The Bertz CT molecular complexity index is 1240. The lowest BCUT2D eigenvalue weighted by Gasteiger charge is -2.39. The SMILES string of the molecule is CCS(=O)(=O)N(CC(=O)N(Cc1ccc(OC)cc1)C1CCN(C(=O)COc2ccccc2)CC1)CC1CCCCC1. The molecule has 2 aliphatic rings. The van der Waals surface area contributed by atoms with E-state index < -0.39 is 10.0 Å². The third kappa shape index (κ3) is 8.94. The minimum atomic E-state index is -3.55. The summed E-state index contributed by atoms with van der Waals surface area (Å²) in [7, 11) is -1.94. The second-order valence-corrected chi connectivity index (χ2v) is 13.5. The fourth-order valence-electron chi connectivity index (χ4n) is 5.89. The fraction of sp³-hybridized carbons (Fsp3) is 0.562. The van der Waals surface area contributed by atoms with Gasteiger partial charge < -0.3 is 19.3 Å². The van der Waals surface area contributed by atoms with E-state index in [9.17, 15) is 18.0 Å². The van der Waals surface area contributed by atoms with Gasteiger partial charge in [0.1, 0.15) is 11.5 Å². The van der Waals surface area contributed by atoms with Gasteiger partial charge in [0, 0.05) is 32.2 Å². The highest BCUT2D eigenvalue weighted by Gasteiger charge is 2.33. The van der Waals surface area contributed by atoms with Gasteiger partial charge in [0.25, 0.3) is 5.91 Å². The molecule has 0 bridgehead atoms. The molecule has 0 radical (unpaired) electrons. The number of sulfonamides is 1. The number of para-hydroxylation sites is 1. The molecule has 0 atom stereocenters. The average molecular weight is 600 g/mol. The summed E-state index contributed by atoms with van der Waals surface area (Å²) >= 11 is 0. The maximum absolute atomic E-state index is 14.0. The standard InChI is InChI=1S/C32H45N3O6S/c1-3-42(38,39)34(22-26-10-6-4-7-11-26)24-31(36)35(23-27-14-16-29(40-2)17-15-27)28-18-20-33(21-19-28)32(37)25-41-30-12-8-5-9-13-30/h5,8-9,12-17,26,28H,3-4,6-7,10-11,18-25H2,1-2H3. The molecule has 4 rings (SSSR count). The van der Waals surface area contributed by atoms with E-state index >= 15 is 0 Å². The lowest BCUT2D eigenvalue weighted by Crippen LogP contribution is -2.52. The van der Waals surface area contributed by atoms with Crippen LogP contribution in [0.15, 0.2) is 54.6 Å². The highest BCUT2D eigenvalue weighted by atomic mass is 32.2. The van der Waals surface area contributed by atoms with E-state index in [2.05, 4.69) is 0 Å². The molecule has 230 valence electrons. The van der Waals surface area contributed by atoms with Gasteiger partial charge in [0.15, 0.2) is 6.61 Å². The third-order valence-electron chi connectivity index (χ3n) is 8.45. The number of hydrogen-bond acceptors (Lipinski definition) is 6. The predicted octanol–water partition coefficient (Wildman–Crippen LogP) is 4.33. The number of amides is 2. The van der Waals surface area contributed by atoms with Crippen molar-refractivity contribution in [2.24, 2.45) is 5.92 Å². The monoisotopic (exact) mass is 599 g/mol. The minimum absolute atomic E-state index is 0.0307. The van der Waals surface area contributed by atoms with Crippen molar-refractivity contribution in [1.29, 1.82) is 0 Å². The molecule has 2 fully saturated rings. The van der Waals surface area contributed by atoms with Gasteiger partial charge >= 0.3 is 0 Å². The van der Waals surface area contributed by atoms with E-state index in [0.717, 1.165) is 37.0 Å². The maximum atomic E-state index is 14.0. The van der Waals surface area contributed by atoms with E-state index in [1.807, 2.05) is 59.5 Å². The summed E-state index contributed by atoms with van der Waals surface area (Å²) in [6.07, 6.45) is 6.63. The number of carbonyl (C=O) groups excluding carboxylic acids is 2. The normalized spacial score (nSPS) is 16.8. The van der Waals surface area contributed by atoms with Crippen LogP contribution in [0.5, 0.6) is 11.5 Å².